The van der Waals surface area contributed by atoms with Crippen LogP contribution in [0.2, 0.25) is 0 Å². The first-order valence-electron chi connectivity index (χ1n) is 5.07. The molecule has 0 bridgehead atoms. The molecule has 3 heteroatoms. The Morgan fingerprint density at radius 2 is 2.07 bits per heavy atom. The Balaban J connectivity index is 2.50. The number of nitrogens with zero attached hydrogens (tertiary/aromatic N) is 2. The van der Waals surface area contributed by atoms with Crippen LogP contribution in [0.1, 0.15) is 33.1 Å². The highest BCUT2D eigenvalue weighted by Gasteiger charge is 2.21. The summed E-state index contributed by atoms with van der Waals surface area (Å²) in [5, 5.41) is 2.45. The minimum atomic E-state index is -0.151. The molecule has 0 atom stereocenters. The lowest BCUT2D eigenvalue weighted by Gasteiger charge is -2.26. The quantitative estimate of drug-likeness (QED) is 0.524. The van der Waals surface area contributed by atoms with Crippen molar-refractivity contribution in [1.82, 2.24) is 4.90 Å². The summed E-state index contributed by atoms with van der Waals surface area (Å²) in [7, 11) is 0. The fourth-order valence-corrected chi connectivity index (χ4v) is 2.05. The van der Waals surface area contributed by atoms with Gasteiger partial charge in [-0.25, -0.2) is 4.99 Å². The van der Waals surface area contributed by atoms with Crippen molar-refractivity contribution in [2.24, 2.45) is 4.99 Å². The zero-order chi connectivity index (χ0) is 10.6. The van der Waals surface area contributed by atoms with E-state index < -0.39 is 0 Å². The van der Waals surface area contributed by atoms with Gasteiger partial charge in [0.2, 0.25) is 0 Å². The number of likely N-dealkylation sites (tertiary alicyclic amines) is 1. The van der Waals surface area contributed by atoms with E-state index in [1.807, 2.05) is 0 Å². The third-order valence-electron chi connectivity index (χ3n) is 2.54. The SMILES string of the molecule is C=C(CC(C)(C)N=C=S)N1CCCC1. The molecule has 1 aliphatic heterocycles. The van der Waals surface area contributed by atoms with Crippen molar-refractivity contribution < 1.29 is 0 Å². The van der Waals surface area contributed by atoms with Crippen molar-refractivity contribution in [3.63, 3.8) is 0 Å². The Morgan fingerprint density at radius 1 is 1.50 bits per heavy atom. The third kappa shape index (κ3) is 3.24. The predicted octanol–water partition coefficient (Wildman–Crippen LogP) is 2.87. The molecule has 1 saturated heterocycles. The van der Waals surface area contributed by atoms with Crippen molar-refractivity contribution in [3.05, 3.63) is 12.3 Å². The molecule has 0 unspecified atom stereocenters. The van der Waals surface area contributed by atoms with Gasteiger partial charge in [-0.15, -0.1) is 0 Å². The van der Waals surface area contributed by atoms with E-state index in [-0.39, 0.29) is 5.54 Å². The van der Waals surface area contributed by atoms with E-state index >= 15 is 0 Å². The molecule has 1 fully saturated rings. The van der Waals surface area contributed by atoms with Crippen molar-refractivity contribution in [3.8, 4) is 0 Å². The van der Waals surface area contributed by atoms with Gasteiger partial charge in [0.05, 0.1) is 10.7 Å². The topological polar surface area (TPSA) is 15.6 Å². The fraction of sp³-hybridized carbons (Fsp3) is 0.727. The first-order chi connectivity index (χ1) is 6.55. The average Bonchev–Trinajstić information content (AvgIpc) is 2.53. The molecular formula is C11H18N2S. The molecule has 14 heavy (non-hydrogen) atoms. The zero-order valence-corrected chi connectivity index (χ0v) is 9.86. The summed E-state index contributed by atoms with van der Waals surface area (Å²) in [6.45, 7) is 10.5. The summed E-state index contributed by atoms with van der Waals surface area (Å²) >= 11 is 4.63. The van der Waals surface area contributed by atoms with Crippen LogP contribution in [0.4, 0.5) is 0 Å². The zero-order valence-electron chi connectivity index (χ0n) is 9.05. The average molecular weight is 210 g/mol. The van der Waals surface area contributed by atoms with E-state index in [4.69, 9.17) is 0 Å². The van der Waals surface area contributed by atoms with Gasteiger partial charge in [-0.1, -0.05) is 6.58 Å². The number of aliphatic imine (C=N–C) groups is 1. The molecule has 0 amide bonds. The summed E-state index contributed by atoms with van der Waals surface area (Å²) < 4.78 is 0. The van der Waals surface area contributed by atoms with Gasteiger partial charge in [0.25, 0.3) is 0 Å². The molecule has 0 aromatic heterocycles. The highest BCUT2D eigenvalue weighted by Crippen LogP contribution is 2.23. The summed E-state index contributed by atoms with van der Waals surface area (Å²) in [5.41, 5.74) is 1.03. The van der Waals surface area contributed by atoms with Crippen LogP contribution in [0.5, 0.6) is 0 Å². The van der Waals surface area contributed by atoms with Gasteiger partial charge >= 0.3 is 0 Å². The smallest absolute Gasteiger partial charge is 0.0709 e. The van der Waals surface area contributed by atoms with Gasteiger partial charge < -0.3 is 4.90 Å². The largest absolute Gasteiger partial charge is 0.375 e. The molecule has 1 rings (SSSR count). The molecule has 0 radical (unpaired) electrons. The van der Waals surface area contributed by atoms with Crippen LogP contribution in [0.3, 0.4) is 0 Å². The third-order valence-corrected chi connectivity index (χ3v) is 2.63. The Bertz CT molecular complexity index is 258. The Labute approximate surface area is 91.7 Å². The lowest BCUT2D eigenvalue weighted by atomic mass is 9.99. The molecule has 2 nitrogen and oxygen atoms in total. The van der Waals surface area contributed by atoms with E-state index in [0.717, 1.165) is 19.5 Å². The van der Waals surface area contributed by atoms with Gasteiger partial charge in [-0.2, -0.15) is 0 Å². The Morgan fingerprint density at radius 3 is 2.57 bits per heavy atom. The monoisotopic (exact) mass is 210 g/mol. The van der Waals surface area contributed by atoms with Crippen molar-refractivity contribution in [2.75, 3.05) is 13.1 Å². The summed E-state index contributed by atoms with van der Waals surface area (Å²) in [5.74, 6) is 0. The number of thiocarbonyl (C=S) groups is 1. The second-order valence-electron chi connectivity index (χ2n) is 4.45. The van der Waals surface area contributed by atoms with Crippen LogP contribution < -0.4 is 0 Å². The van der Waals surface area contributed by atoms with Crippen LogP contribution >= 0.6 is 12.2 Å². The highest BCUT2D eigenvalue weighted by molar-refractivity contribution is 7.78. The lowest BCUT2D eigenvalue weighted by molar-refractivity contribution is 0.373. The summed E-state index contributed by atoms with van der Waals surface area (Å²) in [6.07, 6.45) is 3.45. The lowest BCUT2D eigenvalue weighted by Crippen LogP contribution is -2.25. The van der Waals surface area contributed by atoms with E-state index in [1.54, 1.807) is 0 Å². The van der Waals surface area contributed by atoms with Crippen LogP contribution in [-0.4, -0.2) is 28.7 Å². The first-order valence-corrected chi connectivity index (χ1v) is 5.48. The Hall–Kier alpha value is -0.660. The van der Waals surface area contributed by atoms with Crippen molar-refractivity contribution in [2.45, 2.75) is 38.6 Å². The summed E-state index contributed by atoms with van der Waals surface area (Å²) in [6, 6.07) is 0. The second kappa shape index (κ2) is 4.72. The molecule has 0 saturated carbocycles. The fourth-order valence-electron chi connectivity index (χ4n) is 1.81. The van der Waals surface area contributed by atoms with Crippen LogP contribution in [-0.2, 0) is 0 Å². The molecule has 0 aromatic rings. The van der Waals surface area contributed by atoms with E-state index in [1.165, 1.54) is 18.5 Å². The van der Waals surface area contributed by atoms with Gasteiger partial charge in [0, 0.05) is 25.2 Å². The van der Waals surface area contributed by atoms with Crippen LogP contribution in [0, 0.1) is 0 Å². The minimum Gasteiger partial charge on any atom is -0.375 e. The van der Waals surface area contributed by atoms with Gasteiger partial charge in [0.15, 0.2) is 0 Å². The second-order valence-corrected chi connectivity index (χ2v) is 4.64. The highest BCUT2D eigenvalue weighted by atomic mass is 32.1. The number of hydrogen-bond donors (Lipinski definition) is 0. The Kier molecular flexibility index (Phi) is 3.85. The maximum Gasteiger partial charge on any atom is 0.0709 e. The maximum absolute atomic E-state index is 4.63. The van der Waals surface area contributed by atoms with E-state index in [2.05, 4.69) is 47.7 Å². The number of hydrogen-bond acceptors (Lipinski definition) is 3. The summed E-state index contributed by atoms with van der Waals surface area (Å²) in [4.78, 5) is 6.49. The van der Waals surface area contributed by atoms with Gasteiger partial charge in [-0.05, 0) is 38.9 Å². The molecule has 0 aromatic carbocycles. The molecule has 78 valence electrons. The van der Waals surface area contributed by atoms with Crippen molar-refractivity contribution in [1.29, 1.82) is 0 Å². The molecule has 0 spiro atoms. The van der Waals surface area contributed by atoms with Crippen molar-refractivity contribution >= 4 is 17.4 Å². The maximum atomic E-state index is 4.63. The van der Waals surface area contributed by atoms with E-state index in [0.29, 0.717) is 0 Å². The number of rotatable bonds is 4. The van der Waals surface area contributed by atoms with Gasteiger partial charge in [-0.3, -0.25) is 0 Å². The molecule has 1 aliphatic rings. The van der Waals surface area contributed by atoms with Crippen LogP contribution in [0.15, 0.2) is 17.3 Å². The predicted molar refractivity (Wildman–Crippen MR) is 63.7 cm³/mol. The normalized spacial score (nSPS) is 16.6. The van der Waals surface area contributed by atoms with Gasteiger partial charge in [0.1, 0.15) is 0 Å². The van der Waals surface area contributed by atoms with Crippen LogP contribution in [0.25, 0.3) is 0 Å². The molecule has 0 aliphatic carbocycles. The molecular weight excluding hydrogens is 192 g/mol. The standard InChI is InChI=1S/C11H18N2S/c1-10(13-6-4-5-7-13)8-11(2,3)12-9-14/h1,4-8H2,2-3H3. The number of isothiocyanates is 1. The molecule has 0 N–H and O–H groups in total. The van der Waals surface area contributed by atoms with E-state index in [9.17, 15) is 0 Å². The minimum absolute atomic E-state index is 0.151. The molecule has 1 heterocycles. The first kappa shape index (κ1) is 11.4.